The van der Waals surface area contributed by atoms with Crippen molar-refractivity contribution >= 4 is 37.5 Å². The number of likely N-dealkylation sites (N-methyl/N-ethyl adjacent to an activating group) is 1. The van der Waals surface area contributed by atoms with Crippen molar-refractivity contribution in [3.63, 3.8) is 0 Å². The van der Waals surface area contributed by atoms with Gasteiger partial charge in [0.2, 0.25) is 10.0 Å². The molecule has 0 radical (unpaired) electrons. The van der Waals surface area contributed by atoms with Crippen molar-refractivity contribution in [3.05, 3.63) is 60.2 Å². The molecular formula is C24H29N3O5S2. The summed E-state index contributed by atoms with van der Waals surface area (Å²) in [5.41, 5.74) is 1.25. The highest BCUT2D eigenvalue weighted by atomic mass is 32.2. The van der Waals surface area contributed by atoms with Crippen LogP contribution in [0.2, 0.25) is 0 Å². The normalized spacial score (nSPS) is 22.7. The van der Waals surface area contributed by atoms with Crippen molar-refractivity contribution in [1.29, 1.82) is 0 Å². The van der Waals surface area contributed by atoms with Gasteiger partial charge in [0.1, 0.15) is 0 Å². The molecule has 1 unspecified atom stereocenters. The van der Waals surface area contributed by atoms with Crippen LogP contribution in [-0.4, -0.2) is 66.6 Å². The third-order valence-corrected chi connectivity index (χ3v) is 9.19. The van der Waals surface area contributed by atoms with Gasteiger partial charge in [-0.05, 0) is 79.9 Å². The molecular weight excluding hydrogens is 474 g/mol. The van der Waals surface area contributed by atoms with Crippen molar-refractivity contribution in [3.8, 4) is 0 Å². The van der Waals surface area contributed by atoms with Gasteiger partial charge in [0.05, 0.1) is 9.79 Å². The molecule has 34 heavy (non-hydrogen) atoms. The quantitative estimate of drug-likeness (QED) is 0.581. The number of piperidine rings is 3. The summed E-state index contributed by atoms with van der Waals surface area (Å²) in [4.78, 5) is 16.7. The number of nitrogens with one attached hydrogen (secondary N) is 1. The number of hydrogen-bond donors (Lipinski definition) is 1. The van der Waals surface area contributed by atoms with E-state index in [4.69, 9.17) is 0 Å². The first-order valence-electron chi connectivity index (χ1n) is 11.1. The van der Waals surface area contributed by atoms with Crippen LogP contribution in [0.15, 0.2) is 64.4 Å². The molecule has 2 aromatic carbocycles. The molecule has 1 N–H and O–H groups in total. The van der Waals surface area contributed by atoms with Crippen LogP contribution in [-0.2, 0) is 24.7 Å². The lowest BCUT2D eigenvalue weighted by Gasteiger charge is -2.44. The lowest BCUT2D eigenvalue weighted by molar-refractivity contribution is -0.113. The van der Waals surface area contributed by atoms with Gasteiger partial charge >= 0.3 is 0 Å². The molecule has 182 valence electrons. The van der Waals surface area contributed by atoms with E-state index < -0.39 is 19.9 Å². The van der Waals surface area contributed by atoms with Gasteiger partial charge in [0.15, 0.2) is 9.84 Å². The third-order valence-electron chi connectivity index (χ3n) is 6.55. The predicted molar refractivity (Wildman–Crippen MR) is 132 cm³/mol. The molecule has 5 rings (SSSR count). The zero-order valence-corrected chi connectivity index (χ0v) is 20.8. The number of benzene rings is 2. The maximum atomic E-state index is 12.9. The zero-order valence-electron chi connectivity index (χ0n) is 19.2. The second kappa shape index (κ2) is 9.61. The molecule has 0 aliphatic carbocycles. The average Bonchev–Trinajstić information content (AvgIpc) is 2.82. The smallest absolute Gasteiger partial charge is 0.250 e. The van der Waals surface area contributed by atoms with Gasteiger partial charge in [-0.25, -0.2) is 21.6 Å². The van der Waals surface area contributed by atoms with Crippen LogP contribution in [0, 0.1) is 5.92 Å². The summed E-state index contributed by atoms with van der Waals surface area (Å²) >= 11 is 0. The summed E-state index contributed by atoms with van der Waals surface area (Å²) in [6.07, 6.45) is 6.17. The number of sulfone groups is 1. The van der Waals surface area contributed by atoms with Gasteiger partial charge in [0.25, 0.3) is 5.91 Å². The Bertz CT molecular complexity index is 1280. The van der Waals surface area contributed by atoms with E-state index in [2.05, 4.69) is 9.62 Å². The highest BCUT2D eigenvalue weighted by Gasteiger charge is 2.36. The highest BCUT2D eigenvalue weighted by molar-refractivity contribution is 7.90. The van der Waals surface area contributed by atoms with Crippen LogP contribution < -0.4 is 9.62 Å². The minimum atomic E-state index is -3.64. The maximum absolute atomic E-state index is 12.9. The van der Waals surface area contributed by atoms with Crippen molar-refractivity contribution in [2.24, 2.45) is 5.92 Å². The van der Waals surface area contributed by atoms with Gasteiger partial charge in [-0.3, -0.25) is 4.79 Å². The highest BCUT2D eigenvalue weighted by Crippen LogP contribution is 2.29. The Morgan fingerprint density at radius 3 is 2.09 bits per heavy atom. The van der Waals surface area contributed by atoms with Crippen LogP contribution in [0.25, 0.3) is 6.08 Å². The van der Waals surface area contributed by atoms with Gasteiger partial charge in [-0.1, -0.05) is 12.1 Å². The van der Waals surface area contributed by atoms with Crippen LogP contribution in [0.5, 0.6) is 0 Å². The second-order valence-corrected chi connectivity index (χ2v) is 12.7. The molecule has 10 heteroatoms. The average molecular weight is 504 g/mol. The first-order chi connectivity index (χ1) is 16.0. The summed E-state index contributed by atoms with van der Waals surface area (Å²) in [6, 6.07) is 12.4. The number of carbonyl (C=O) groups excluding carboxylic acids is 1. The van der Waals surface area contributed by atoms with Crippen LogP contribution in [0.1, 0.15) is 18.4 Å². The van der Waals surface area contributed by atoms with Crippen molar-refractivity contribution < 1.29 is 21.6 Å². The van der Waals surface area contributed by atoms with E-state index in [1.165, 1.54) is 35.2 Å². The fraction of sp³-hybridized carbons (Fsp3) is 0.375. The minimum Gasteiger partial charge on any atom is -0.312 e. The van der Waals surface area contributed by atoms with Gasteiger partial charge in [-0.2, -0.15) is 0 Å². The predicted octanol–water partition coefficient (Wildman–Crippen LogP) is 2.14. The van der Waals surface area contributed by atoms with Gasteiger partial charge < -0.3 is 9.80 Å². The lowest BCUT2D eigenvalue weighted by Crippen LogP contribution is -2.57. The molecule has 0 spiro atoms. The summed E-state index contributed by atoms with van der Waals surface area (Å²) in [5.74, 6) is 0.0883. The maximum Gasteiger partial charge on any atom is 0.250 e. The third kappa shape index (κ3) is 5.57. The van der Waals surface area contributed by atoms with E-state index >= 15 is 0 Å². The number of sulfonamides is 1. The molecule has 2 bridgehead atoms. The first-order valence-corrected chi connectivity index (χ1v) is 14.5. The van der Waals surface area contributed by atoms with E-state index in [-0.39, 0.29) is 21.7 Å². The Hall–Kier alpha value is -2.53. The Kier molecular flexibility index (Phi) is 6.95. The Balaban J connectivity index is 1.39. The Morgan fingerprint density at radius 1 is 0.971 bits per heavy atom. The fourth-order valence-corrected chi connectivity index (χ4v) is 6.37. The second-order valence-electron chi connectivity index (χ2n) is 8.93. The lowest BCUT2D eigenvalue weighted by atomic mass is 9.85. The molecule has 0 aromatic heterocycles. The van der Waals surface area contributed by atoms with Crippen LogP contribution >= 0.6 is 0 Å². The number of nitrogens with zero attached hydrogens (tertiary/aromatic N) is 2. The molecule has 8 nitrogen and oxygen atoms in total. The van der Waals surface area contributed by atoms with E-state index in [1.54, 1.807) is 37.4 Å². The van der Waals surface area contributed by atoms with E-state index in [1.807, 2.05) is 0 Å². The molecule has 3 aliphatic heterocycles. The molecule has 2 aromatic rings. The number of anilines is 1. The minimum absolute atomic E-state index is 0.0620. The molecule has 3 heterocycles. The molecule has 1 atom stereocenters. The topological polar surface area (TPSA) is 104 Å². The number of amides is 1. The number of carbonyl (C=O) groups is 1. The monoisotopic (exact) mass is 503 g/mol. The molecule has 3 saturated heterocycles. The van der Waals surface area contributed by atoms with E-state index in [9.17, 15) is 21.6 Å². The van der Waals surface area contributed by atoms with Crippen molar-refractivity contribution in [2.75, 3.05) is 37.8 Å². The molecule has 0 saturated carbocycles. The Labute approximate surface area is 201 Å². The number of hydrogen-bond acceptors (Lipinski definition) is 6. The molecule has 1 amide bonds. The largest absolute Gasteiger partial charge is 0.312 e. The van der Waals surface area contributed by atoms with Crippen molar-refractivity contribution in [2.45, 2.75) is 28.7 Å². The molecule has 3 fully saturated rings. The molecule has 3 aliphatic rings. The standard InChI is InChI=1S/C24H29N3O5S2/c1-26(24(28)12-5-18-3-8-21(9-4-18)33(2,29)30)20-6-10-22(11-7-20)34(31,32)25-23-17-27-15-13-19(23)14-16-27/h3-12,19,23,25H,13-17H2,1-2H3/b12-5+. The fourth-order valence-electron chi connectivity index (χ4n) is 4.45. The van der Waals surface area contributed by atoms with Crippen molar-refractivity contribution in [1.82, 2.24) is 9.62 Å². The summed E-state index contributed by atoms with van der Waals surface area (Å²) < 4.78 is 51.7. The SMILES string of the molecule is CN(C(=O)/C=C/c1ccc(S(C)(=O)=O)cc1)c1ccc(S(=O)(=O)NC2CN3CCC2CC3)cc1. The van der Waals surface area contributed by atoms with Crippen LogP contribution in [0.3, 0.4) is 0 Å². The summed E-state index contributed by atoms with van der Waals surface area (Å²) in [7, 11) is -5.31. The van der Waals surface area contributed by atoms with E-state index in [0.717, 1.165) is 38.7 Å². The van der Waals surface area contributed by atoms with E-state index in [0.29, 0.717) is 17.2 Å². The first kappa shape index (κ1) is 24.6. The Morgan fingerprint density at radius 2 is 1.56 bits per heavy atom. The number of fused-ring (bicyclic) bond motifs is 3. The van der Waals surface area contributed by atoms with Gasteiger partial charge in [-0.15, -0.1) is 0 Å². The van der Waals surface area contributed by atoms with Crippen LogP contribution in [0.4, 0.5) is 5.69 Å². The number of rotatable bonds is 7. The zero-order chi connectivity index (χ0) is 24.5. The summed E-state index contributed by atoms with van der Waals surface area (Å²) in [5, 5.41) is 0. The van der Waals surface area contributed by atoms with Gasteiger partial charge in [0, 0.05) is 37.7 Å². The summed E-state index contributed by atoms with van der Waals surface area (Å²) in [6.45, 7) is 2.83.